The zero-order valence-corrected chi connectivity index (χ0v) is 13.3. The molecule has 1 aromatic carbocycles. The van der Waals surface area contributed by atoms with Gasteiger partial charge in [-0.25, -0.2) is 0 Å². The summed E-state index contributed by atoms with van der Waals surface area (Å²) >= 11 is 6.88. The van der Waals surface area contributed by atoms with E-state index in [-0.39, 0.29) is 11.3 Å². The van der Waals surface area contributed by atoms with Crippen LogP contribution in [0.25, 0.3) is 15.9 Å². The molecule has 0 radical (unpaired) electrons. The number of hydrogen-bond donors (Lipinski definition) is 2. The van der Waals surface area contributed by atoms with Crippen molar-refractivity contribution in [2.24, 2.45) is 0 Å². The molecular weight excluding hydrogens is 304 g/mol. The Hall–Kier alpha value is -1.92. The normalized spacial score (nSPS) is 11.1. The van der Waals surface area contributed by atoms with E-state index in [1.807, 2.05) is 13.8 Å². The van der Waals surface area contributed by atoms with E-state index in [1.54, 1.807) is 35.6 Å². The minimum atomic E-state index is -0.111. The third-order valence-corrected chi connectivity index (χ3v) is 4.86. The van der Waals surface area contributed by atoms with Crippen molar-refractivity contribution in [2.75, 3.05) is 0 Å². The summed E-state index contributed by atoms with van der Waals surface area (Å²) in [6.07, 6.45) is 0.807. The summed E-state index contributed by atoms with van der Waals surface area (Å²) in [5.74, 6) is 0.156. The third kappa shape index (κ3) is 2.20. The molecule has 6 heteroatoms. The van der Waals surface area contributed by atoms with Crippen molar-refractivity contribution >= 4 is 33.8 Å². The predicted molar refractivity (Wildman–Crippen MR) is 88.4 cm³/mol. The number of fused-ring (bicyclic) bond motifs is 1. The monoisotopic (exact) mass is 318 g/mol. The van der Waals surface area contributed by atoms with Gasteiger partial charge in [0, 0.05) is 4.88 Å². The molecule has 2 aromatic heterocycles. The molecule has 0 atom stereocenters. The van der Waals surface area contributed by atoms with Gasteiger partial charge in [0.15, 0.2) is 4.77 Å². The number of aromatic nitrogens is 2. The van der Waals surface area contributed by atoms with Crippen LogP contribution < -0.4 is 5.56 Å². The molecule has 2 heterocycles. The van der Waals surface area contributed by atoms with Crippen LogP contribution in [-0.2, 0) is 6.42 Å². The molecule has 0 spiro atoms. The van der Waals surface area contributed by atoms with E-state index >= 15 is 0 Å². The molecule has 3 rings (SSSR count). The van der Waals surface area contributed by atoms with Crippen molar-refractivity contribution in [1.29, 1.82) is 0 Å². The second-order valence-corrected chi connectivity index (χ2v) is 6.39. The number of aromatic amines is 1. The van der Waals surface area contributed by atoms with Gasteiger partial charge in [0.2, 0.25) is 0 Å². The average molecular weight is 318 g/mol. The standard InChI is InChI=1S/C15H14N2O2S2/c1-3-11-8(2)21-13-12(11)14(19)17(15(20)16-13)9-4-6-10(18)7-5-9/h4-7,18H,3H2,1-2H3,(H,16,20). The van der Waals surface area contributed by atoms with Gasteiger partial charge in [0.1, 0.15) is 10.6 Å². The second-order valence-electron chi connectivity index (χ2n) is 4.78. The van der Waals surface area contributed by atoms with Crippen molar-refractivity contribution in [3.8, 4) is 11.4 Å². The Balaban J connectivity index is 2.41. The maximum absolute atomic E-state index is 12.8. The van der Waals surface area contributed by atoms with E-state index in [4.69, 9.17) is 12.2 Å². The Kier molecular flexibility index (Phi) is 3.43. The van der Waals surface area contributed by atoms with Crippen LogP contribution >= 0.6 is 23.6 Å². The van der Waals surface area contributed by atoms with E-state index in [1.165, 1.54) is 4.57 Å². The second kappa shape index (κ2) is 5.13. The van der Waals surface area contributed by atoms with Crippen LogP contribution in [0.2, 0.25) is 0 Å². The predicted octanol–water partition coefficient (Wildman–Crippen LogP) is 3.69. The molecule has 0 amide bonds. The zero-order chi connectivity index (χ0) is 15.1. The molecule has 3 aromatic rings. The maximum Gasteiger partial charge on any atom is 0.267 e. The number of thiophene rings is 1. The Morgan fingerprint density at radius 3 is 2.62 bits per heavy atom. The highest BCUT2D eigenvalue weighted by Gasteiger charge is 2.15. The first kappa shape index (κ1) is 14.0. The van der Waals surface area contributed by atoms with Crippen molar-refractivity contribution in [3.05, 3.63) is 49.8 Å². The number of aryl methyl sites for hydroxylation is 2. The number of phenols is 1. The van der Waals surface area contributed by atoms with Gasteiger partial charge in [-0.1, -0.05) is 6.92 Å². The van der Waals surface area contributed by atoms with Gasteiger partial charge in [0.05, 0.1) is 11.1 Å². The summed E-state index contributed by atoms with van der Waals surface area (Å²) in [7, 11) is 0. The number of rotatable bonds is 2. The summed E-state index contributed by atoms with van der Waals surface area (Å²) < 4.78 is 1.84. The SMILES string of the molecule is CCc1c(C)sc2[nH]c(=S)n(-c3ccc(O)cc3)c(=O)c12. The molecule has 0 aliphatic carbocycles. The van der Waals surface area contributed by atoms with Crippen molar-refractivity contribution in [3.63, 3.8) is 0 Å². The van der Waals surface area contributed by atoms with Gasteiger partial charge in [-0.05, 0) is 55.4 Å². The highest BCUT2D eigenvalue weighted by atomic mass is 32.1. The molecule has 0 saturated heterocycles. The first-order valence-corrected chi connectivity index (χ1v) is 7.82. The lowest BCUT2D eigenvalue weighted by Gasteiger charge is -2.07. The topological polar surface area (TPSA) is 58.0 Å². The van der Waals surface area contributed by atoms with Gasteiger partial charge >= 0.3 is 0 Å². The smallest absolute Gasteiger partial charge is 0.267 e. The fourth-order valence-corrected chi connectivity index (χ4v) is 4.00. The molecule has 0 fully saturated rings. The summed E-state index contributed by atoms with van der Waals surface area (Å²) in [5, 5.41) is 10.1. The van der Waals surface area contributed by atoms with Crippen molar-refractivity contribution < 1.29 is 5.11 Å². The summed E-state index contributed by atoms with van der Waals surface area (Å²) in [5.41, 5.74) is 1.60. The molecule has 0 saturated carbocycles. The van der Waals surface area contributed by atoms with Crippen LogP contribution in [0.15, 0.2) is 29.1 Å². The number of phenolic OH excluding ortho intramolecular Hbond substituents is 1. The van der Waals surface area contributed by atoms with Crippen LogP contribution in [0.1, 0.15) is 17.4 Å². The van der Waals surface area contributed by atoms with E-state index < -0.39 is 0 Å². The third-order valence-electron chi connectivity index (χ3n) is 3.51. The van der Waals surface area contributed by atoms with Crippen molar-refractivity contribution in [1.82, 2.24) is 9.55 Å². The van der Waals surface area contributed by atoms with Gasteiger partial charge < -0.3 is 10.1 Å². The van der Waals surface area contributed by atoms with E-state index in [0.29, 0.717) is 15.8 Å². The lowest BCUT2D eigenvalue weighted by atomic mass is 10.1. The van der Waals surface area contributed by atoms with Gasteiger partial charge in [-0.15, -0.1) is 11.3 Å². The first-order valence-electron chi connectivity index (χ1n) is 6.59. The molecule has 4 nitrogen and oxygen atoms in total. The highest BCUT2D eigenvalue weighted by molar-refractivity contribution is 7.71. The molecule has 0 unspecified atom stereocenters. The lowest BCUT2D eigenvalue weighted by Crippen LogP contribution is -2.20. The number of benzene rings is 1. The zero-order valence-electron chi connectivity index (χ0n) is 11.6. The van der Waals surface area contributed by atoms with Crippen LogP contribution in [0, 0.1) is 11.7 Å². The molecule has 0 aliphatic heterocycles. The summed E-state index contributed by atoms with van der Waals surface area (Å²) in [4.78, 5) is 18.0. The van der Waals surface area contributed by atoms with Crippen LogP contribution in [0.4, 0.5) is 0 Å². The number of nitrogens with one attached hydrogen (secondary N) is 1. The minimum absolute atomic E-state index is 0.111. The van der Waals surface area contributed by atoms with E-state index in [0.717, 1.165) is 21.7 Å². The molecular formula is C15H14N2O2S2. The van der Waals surface area contributed by atoms with Gasteiger partial charge in [-0.2, -0.15) is 0 Å². The molecule has 108 valence electrons. The quantitative estimate of drug-likeness (QED) is 0.709. The summed E-state index contributed by atoms with van der Waals surface area (Å²) in [6, 6.07) is 6.44. The van der Waals surface area contributed by atoms with E-state index in [9.17, 15) is 9.90 Å². The van der Waals surface area contributed by atoms with Crippen molar-refractivity contribution in [2.45, 2.75) is 20.3 Å². The fraction of sp³-hybridized carbons (Fsp3) is 0.200. The Bertz CT molecular complexity index is 933. The molecule has 0 aliphatic rings. The number of nitrogens with zero attached hydrogens (tertiary/aromatic N) is 1. The highest BCUT2D eigenvalue weighted by Crippen LogP contribution is 2.27. The summed E-state index contributed by atoms with van der Waals surface area (Å²) in [6.45, 7) is 4.06. The number of hydrogen-bond acceptors (Lipinski definition) is 4. The Labute approximate surface area is 130 Å². The largest absolute Gasteiger partial charge is 0.508 e. The minimum Gasteiger partial charge on any atom is -0.508 e. The Morgan fingerprint density at radius 1 is 1.33 bits per heavy atom. The number of aromatic hydroxyl groups is 1. The molecule has 2 N–H and O–H groups in total. The number of H-pyrrole nitrogens is 1. The van der Waals surface area contributed by atoms with Gasteiger partial charge in [0.25, 0.3) is 5.56 Å². The van der Waals surface area contributed by atoms with Crippen LogP contribution in [0.5, 0.6) is 5.75 Å². The fourth-order valence-electron chi connectivity index (χ4n) is 2.51. The lowest BCUT2D eigenvalue weighted by molar-refractivity contribution is 0.475. The Morgan fingerprint density at radius 2 is 2.00 bits per heavy atom. The maximum atomic E-state index is 12.8. The van der Waals surface area contributed by atoms with Crippen LogP contribution in [-0.4, -0.2) is 14.7 Å². The average Bonchev–Trinajstić information content (AvgIpc) is 2.76. The molecule has 21 heavy (non-hydrogen) atoms. The molecule has 0 bridgehead atoms. The first-order chi connectivity index (χ1) is 10.0. The van der Waals surface area contributed by atoms with E-state index in [2.05, 4.69) is 4.98 Å². The van der Waals surface area contributed by atoms with Crippen LogP contribution in [0.3, 0.4) is 0 Å². The van der Waals surface area contributed by atoms with Gasteiger partial charge in [-0.3, -0.25) is 9.36 Å².